The normalized spacial score (nSPS) is 13.6. The van der Waals surface area contributed by atoms with Crippen LogP contribution >= 0.6 is 0 Å². The molecule has 5 aliphatic heterocycles. The van der Waals surface area contributed by atoms with Gasteiger partial charge in [0.15, 0.2) is 23.1 Å². The van der Waals surface area contributed by atoms with Gasteiger partial charge < -0.3 is 35.7 Å². The number of imidazole rings is 2. The average molecular weight is 1670 g/mol. The molecule has 0 saturated heterocycles. The van der Waals surface area contributed by atoms with E-state index in [2.05, 4.69) is 95.9 Å². The predicted molar refractivity (Wildman–Crippen MR) is 476 cm³/mol. The van der Waals surface area contributed by atoms with Gasteiger partial charge in [-0.05, 0) is 177 Å². The number of nitrogens with zero attached hydrogens (tertiary/aromatic N) is 9. The van der Waals surface area contributed by atoms with E-state index in [4.69, 9.17) is 16.5 Å². The largest absolute Gasteiger partial charge is 0.366 e. The first-order chi connectivity index (χ1) is 60.2. The monoisotopic (exact) mass is 1670 g/mol. The molecule has 6 N–H and O–H groups in total. The lowest BCUT2D eigenvalue weighted by Crippen LogP contribution is -2.24. The van der Waals surface area contributed by atoms with Crippen molar-refractivity contribution >= 4 is 102 Å². The Hall–Kier alpha value is -15.0. The smallest absolute Gasteiger partial charge is 0.272 e. The highest BCUT2D eigenvalue weighted by Gasteiger charge is 2.35. The highest BCUT2D eigenvalue weighted by atomic mass is 19.1. The molecule has 0 unspecified atom stereocenters. The van der Waals surface area contributed by atoms with E-state index >= 15 is 0 Å². The van der Waals surface area contributed by atoms with Crippen molar-refractivity contribution in [2.45, 2.75) is 119 Å². The summed E-state index contributed by atoms with van der Waals surface area (Å²) in [4.78, 5) is 127. The minimum atomic E-state index is -0.801. The fourth-order valence-corrected chi connectivity index (χ4v) is 16.6. The van der Waals surface area contributed by atoms with Crippen LogP contribution in [0.25, 0.3) is 66.3 Å². The van der Waals surface area contributed by atoms with Crippen molar-refractivity contribution in [2.24, 2.45) is 11.5 Å². The number of aromatic nitrogens is 8. The quantitative estimate of drug-likeness (QED) is 0.110. The van der Waals surface area contributed by atoms with Crippen LogP contribution in [-0.4, -0.2) is 105 Å². The third-order valence-corrected chi connectivity index (χ3v) is 22.8. The molecular weight excluding hydrogens is 1580 g/mol. The SMILES string of the molecule is CCc1cc(Cc2n[nH]c(=O)c3ccccc23)ccc1F.CCc1ccc2c(c1)-c1ccccc1C(=O)C2.CN1Cc2cc(F)cc(C(N)=O)c2C1=O.Cc1ccc(-c2nc3cccc4c3n2CCCC4=O)cc1.Cc1ccc(N2Cc3cc(F)cc(C(N)=O)c3C2=O)cc1.Cc1nc2c3c(cccc3n1)C(=O)CN2.Cc1nc2cccc3c2n1CCCC3=O. The van der Waals surface area contributed by atoms with Gasteiger partial charge >= 0.3 is 0 Å². The molecule has 125 heavy (non-hydrogen) atoms. The van der Waals surface area contributed by atoms with Gasteiger partial charge in [-0.25, -0.2) is 38.2 Å². The second-order valence-corrected chi connectivity index (χ2v) is 31.3. The Kier molecular flexibility index (Phi) is 24.7. The van der Waals surface area contributed by atoms with Crippen molar-refractivity contribution in [1.82, 2.24) is 44.2 Å². The lowest BCUT2D eigenvalue weighted by molar-refractivity contribution is 0.0810. The van der Waals surface area contributed by atoms with Crippen molar-refractivity contribution in [3.05, 3.63) is 346 Å². The van der Waals surface area contributed by atoms with Crippen molar-refractivity contribution in [1.29, 1.82) is 0 Å². The van der Waals surface area contributed by atoms with E-state index in [0.717, 1.165) is 162 Å². The summed E-state index contributed by atoms with van der Waals surface area (Å²) in [5, 5.41) is 12.0. The number of hydrogen-bond donors (Lipinski definition) is 4. The average Bonchev–Trinajstić information content (AvgIpc) is 1.71. The maximum Gasteiger partial charge on any atom is 0.272 e. The van der Waals surface area contributed by atoms with Gasteiger partial charge in [0, 0.05) is 91.3 Å². The van der Waals surface area contributed by atoms with Crippen molar-refractivity contribution in [3.8, 4) is 22.5 Å². The number of aryl methyl sites for hydroxylation is 8. The molecule has 0 spiro atoms. The first kappa shape index (κ1) is 85.0. The molecule has 9 heterocycles. The Morgan fingerprint density at radius 1 is 0.488 bits per heavy atom. The lowest BCUT2D eigenvalue weighted by Gasteiger charge is -2.19. The van der Waals surface area contributed by atoms with Crippen LogP contribution in [0.2, 0.25) is 0 Å². The van der Waals surface area contributed by atoms with Gasteiger partial charge in [0.2, 0.25) is 11.8 Å². The fraction of sp³-hybridized carbons (Fsp3) is 0.200. The van der Waals surface area contributed by atoms with Crippen LogP contribution in [0.5, 0.6) is 0 Å². The van der Waals surface area contributed by atoms with Gasteiger partial charge in [-0.2, -0.15) is 5.10 Å². The lowest BCUT2D eigenvalue weighted by atomic mass is 9.84. The van der Waals surface area contributed by atoms with E-state index in [9.17, 15) is 56.3 Å². The summed E-state index contributed by atoms with van der Waals surface area (Å²) in [5.74, 6) is 0.767. The number of nitrogens with one attached hydrogen (secondary N) is 2. The molecule has 21 rings (SSSR count). The van der Waals surface area contributed by atoms with E-state index in [1.807, 2.05) is 155 Å². The standard InChI is InChI=1S/C18H16N2O.C17H15FN2O.C16H13FN2O2.C16H14O.C12H12N2O.C11H9N3O.C10H9FN2O2/c1-12-7-9-13(10-8-12)18-19-15-5-2-4-14-16(21)6-3-11-20(18)17(14)15;1-2-12-9-11(7-8-15(12)18)10-16-13-5-3-4-6-14(13)17(21)20-19-16;1-9-2-4-12(5-3-9)19-8-10-6-11(17)7-13(15(18)20)14(10)16(19)21;1-2-11-7-8-12-10-16(17)14-6-4-3-5-13(14)15(12)9-11;1-8-13-10-5-2-4-9-11(15)6-3-7-14(8)12(9)10;1-6-13-8-4-2-3-7-9(15)5-12-11(14-6)10(7)8;1-13-4-5-2-6(11)3-7(9(12)14)8(5)10(13)15/h2,4-5,7-10H,3,6,11H2,1H3;3-9H,2,10H2,1H3,(H,20,21);2-7H,8H2,1H3,(H2,18,20);3-9H,2,10H2,1H3;2,4-5H,3,6-7H2,1H3;2-4H,5H2,1H3,(H,12,13,14);2-3H,4H2,1H3,(H2,12,14). The summed E-state index contributed by atoms with van der Waals surface area (Å²) in [6.07, 6.45) is 5.84. The number of nitrogens with two attached hydrogens (primary N) is 2. The number of carbonyl (C=O) groups excluding carboxylic acids is 8. The van der Waals surface area contributed by atoms with Crippen LogP contribution < -0.4 is 27.2 Å². The maximum atomic E-state index is 13.6. The minimum Gasteiger partial charge on any atom is -0.366 e. The number of carbonyl (C=O) groups is 8. The summed E-state index contributed by atoms with van der Waals surface area (Å²) in [6.45, 7) is 14.6. The number of fused-ring (bicyclic) bond motifs is 6. The maximum absolute atomic E-state index is 13.6. The van der Waals surface area contributed by atoms with Crippen LogP contribution in [0.15, 0.2) is 217 Å². The minimum absolute atomic E-state index is 0.0423. The summed E-state index contributed by atoms with van der Waals surface area (Å²) >= 11 is 0. The molecule has 25 heteroatoms. The number of amides is 4. The molecule has 15 aromatic rings. The molecule has 0 atom stereocenters. The number of ketones is 4. The molecule has 0 fully saturated rings. The van der Waals surface area contributed by atoms with Gasteiger partial charge in [-0.3, -0.25) is 43.2 Å². The molecule has 4 aromatic heterocycles. The predicted octanol–water partition coefficient (Wildman–Crippen LogP) is 17.6. The van der Waals surface area contributed by atoms with Gasteiger partial charge in [0.05, 0.1) is 79.4 Å². The van der Waals surface area contributed by atoms with E-state index in [-0.39, 0.29) is 75.1 Å². The topological polar surface area (TPSA) is 314 Å². The molecule has 1 aliphatic carbocycles. The molecule has 0 radical (unpaired) electrons. The number of benzene rings is 11. The van der Waals surface area contributed by atoms with Crippen LogP contribution in [0.3, 0.4) is 0 Å². The fourth-order valence-electron chi connectivity index (χ4n) is 16.6. The zero-order chi connectivity index (χ0) is 88.2. The van der Waals surface area contributed by atoms with Gasteiger partial charge in [0.25, 0.3) is 17.4 Å². The van der Waals surface area contributed by atoms with Crippen LogP contribution in [0.1, 0.15) is 184 Å². The number of H-pyrrole nitrogens is 1. The molecule has 0 bridgehead atoms. The molecule has 11 aromatic carbocycles. The first-order valence-corrected chi connectivity index (χ1v) is 41.2. The Labute approximate surface area is 717 Å². The molecule has 628 valence electrons. The number of aromatic amines is 1. The van der Waals surface area contributed by atoms with Gasteiger partial charge in [0.1, 0.15) is 40.7 Å². The highest BCUT2D eigenvalue weighted by Crippen LogP contribution is 2.38. The number of primary amides is 2. The van der Waals surface area contributed by atoms with Crippen LogP contribution in [0, 0.1) is 45.1 Å². The number of Topliss-reactive ketones (excluding diaryl/α,β-unsaturated/α-hetero) is 4. The highest BCUT2D eigenvalue weighted by molar-refractivity contribution is 6.17. The first-order valence-electron chi connectivity index (χ1n) is 41.2. The number of halogens is 3. The Balaban J connectivity index is 0.000000113. The molecule has 4 amide bonds. The summed E-state index contributed by atoms with van der Waals surface area (Å²) in [6, 6.07) is 64.4. The van der Waals surface area contributed by atoms with Crippen LogP contribution in [0.4, 0.5) is 24.7 Å². The van der Waals surface area contributed by atoms with Crippen molar-refractivity contribution in [3.63, 3.8) is 0 Å². The zero-order valence-electron chi connectivity index (χ0n) is 69.9. The molecule has 6 aliphatic rings. The van der Waals surface area contributed by atoms with E-state index < -0.39 is 23.4 Å². The Bertz CT molecular complexity index is 6960. The summed E-state index contributed by atoms with van der Waals surface area (Å²) in [7, 11) is 1.59. The van der Waals surface area contributed by atoms with Crippen molar-refractivity contribution < 1.29 is 51.5 Å². The zero-order valence-corrected chi connectivity index (χ0v) is 69.9. The Morgan fingerprint density at radius 2 is 1.06 bits per heavy atom. The second kappa shape index (κ2) is 36.4. The van der Waals surface area contributed by atoms with Gasteiger partial charge in [-0.1, -0.05) is 158 Å². The molecular formula is C100H88F3N13O9. The number of rotatable bonds is 8. The summed E-state index contributed by atoms with van der Waals surface area (Å²) in [5.41, 5.74) is 30.8. The second-order valence-electron chi connectivity index (χ2n) is 31.3. The van der Waals surface area contributed by atoms with E-state index in [0.29, 0.717) is 73.0 Å². The number of para-hydroxylation sites is 2. The van der Waals surface area contributed by atoms with Crippen LogP contribution in [-0.2, 0) is 51.9 Å². The molecule has 22 nitrogen and oxygen atoms in total. The number of anilines is 2. The van der Waals surface area contributed by atoms with E-state index in [1.54, 1.807) is 19.2 Å². The Morgan fingerprint density at radius 3 is 1.70 bits per heavy atom. The third-order valence-electron chi connectivity index (χ3n) is 22.8. The van der Waals surface area contributed by atoms with E-state index in [1.165, 1.54) is 44.7 Å². The van der Waals surface area contributed by atoms with Crippen molar-refractivity contribution in [2.75, 3.05) is 23.8 Å². The summed E-state index contributed by atoms with van der Waals surface area (Å²) < 4.78 is 44.6. The molecule has 0 saturated carbocycles. The third kappa shape index (κ3) is 17.8. The number of hydrogen-bond acceptors (Lipinski definition) is 15. The van der Waals surface area contributed by atoms with Gasteiger partial charge in [-0.15, -0.1) is 0 Å².